The van der Waals surface area contributed by atoms with Crippen LogP contribution in [0.4, 0.5) is 0 Å². The SMILES string of the molecule is CC(=O)NCC[SH]=CCCC(=O)O. The lowest BCUT2D eigenvalue weighted by atomic mass is 10.3. The van der Waals surface area contributed by atoms with Crippen molar-refractivity contribution in [1.82, 2.24) is 5.32 Å². The van der Waals surface area contributed by atoms with Gasteiger partial charge in [-0.05, 0) is 6.42 Å². The van der Waals surface area contributed by atoms with Crippen molar-refractivity contribution in [3.05, 3.63) is 0 Å². The molecular formula is C8H15NO3S. The van der Waals surface area contributed by atoms with Gasteiger partial charge in [-0.3, -0.25) is 9.59 Å². The van der Waals surface area contributed by atoms with Gasteiger partial charge in [0.2, 0.25) is 5.91 Å². The lowest BCUT2D eigenvalue weighted by molar-refractivity contribution is -0.136. The Bertz CT molecular complexity index is 204. The van der Waals surface area contributed by atoms with Crippen LogP contribution in [0.25, 0.3) is 0 Å². The first kappa shape index (κ1) is 12.2. The zero-order valence-electron chi connectivity index (χ0n) is 7.62. The maximum absolute atomic E-state index is 10.4. The van der Waals surface area contributed by atoms with Crippen molar-refractivity contribution < 1.29 is 14.7 Å². The van der Waals surface area contributed by atoms with Gasteiger partial charge in [0, 0.05) is 25.6 Å². The molecule has 0 radical (unpaired) electrons. The number of rotatable bonds is 6. The summed E-state index contributed by atoms with van der Waals surface area (Å²) in [6.45, 7) is 2.13. The lowest BCUT2D eigenvalue weighted by Gasteiger charge is -1.96. The number of carbonyl (C=O) groups is 2. The van der Waals surface area contributed by atoms with Crippen molar-refractivity contribution in [2.75, 3.05) is 12.3 Å². The van der Waals surface area contributed by atoms with Gasteiger partial charge in [0.1, 0.15) is 0 Å². The molecule has 1 amide bonds. The largest absolute Gasteiger partial charge is 0.481 e. The maximum Gasteiger partial charge on any atom is 0.303 e. The fraction of sp³-hybridized carbons (Fsp3) is 0.625. The van der Waals surface area contributed by atoms with Crippen LogP contribution in [-0.4, -0.2) is 34.6 Å². The number of thiol groups is 1. The summed E-state index contributed by atoms with van der Waals surface area (Å²) in [6.07, 6.45) is 0.782. The van der Waals surface area contributed by atoms with Gasteiger partial charge < -0.3 is 10.4 Å². The van der Waals surface area contributed by atoms with Crippen LogP contribution in [0, 0.1) is 0 Å². The number of amides is 1. The minimum absolute atomic E-state index is 0.0271. The number of aliphatic carboxylic acids is 1. The molecule has 0 aromatic heterocycles. The third-order valence-electron chi connectivity index (χ3n) is 1.23. The van der Waals surface area contributed by atoms with E-state index in [1.165, 1.54) is 6.92 Å². The molecule has 2 N–H and O–H groups in total. The first-order chi connectivity index (χ1) is 6.13. The van der Waals surface area contributed by atoms with Crippen LogP contribution in [0.5, 0.6) is 0 Å². The molecule has 0 aromatic rings. The van der Waals surface area contributed by atoms with Crippen LogP contribution in [-0.2, 0) is 9.59 Å². The molecule has 76 valence electrons. The van der Waals surface area contributed by atoms with Crippen molar-refractivity contribution in [2.24, 2.45) is 0 Å². The smallest absolute Gasteiger partial charge is 0.303 e. The van der Waals surface area contributed by atoms with Gasteiger partial charge in [-0.2, -0.15) is 0 Å². The maximum atomic E-state index is 10.4. The highest BCUT2D eigenvalue weighted by molar-refractivity contribution is 7.97. The minimum Gasteiger partial charge on any atom is -0.481 e. The molecule has 0 aliphatic carbocycles. The zero-order chi connectivity index (χ0) is 10.1. The minimum atomic E-state index is -0.770. The van der Waals surface area contributed by atoms with E-state index in [0.29, 0.717) is 13.0 Å². The molecule has 0 spiro atoms. The fourth-order valence-electron chi connectivity index (χ4n) is 0.667. The monoisotopic (exact) mass is 205 g/mol. The molecule has 0 aliphatic heterocycles. The normalized spacial score (nSPS) is 10.8. The molecule has 0 atom stereocenters. The number of carboxylic acid groups (broad SMARTS) is 1. The summed E-state index contributed by atoms with van der Waals surface area (Å²) >= 11 is 1.08. The summed E-state index contributed by atoms with van der Waals surface area (Å²) in [5.74, 6) is 0.0492. The van der Waals surface area contributed by atoms with E-state index in [1.807, 2.05) is 5.37 Å². The molecule has 0 aromatic carbocycles. The third-order valence-corrected chi connectivity index (χ3v) is 2.23. The topological polar surface area (TPSA) is 66.4 Å². The highest BCUT2D eigenvalue weighted by atomic mass is 32.1. The highest BCUT2D eigenvalue weighted by Gasteiger charge is 1.91. The second kappa shape index (κ2) is 7.79. The van der Waals surface area contributed by atoms with Crippen LogP contribution in [0.15, 0.2) is 0 Å². The molecule has 4 nitrogen and oxygen atoms in total. The summed E-state index contributed by atoms with van der Waals surface area (Å²) < 4.78 is 0. The van der Waals surface area contributed by atoms with Gasteiger partial charge in [0.25, 0.3) is 0 Å². The number of carboxylic acids is 1. The van der Waals surface area contributed by atoms with Gasteiger partial charge in [-0.15, -0.1) is 0 Å². The lowest BCUT2D eigenvalue weighted by Crippen LogP contribution is -2.21. The summed E-state index contributed by atoms with van der Waals surface area (Å²) in [5, 5.41) is 12.9. The predicted molar refractivity (Wildman–Crippen MR) is 55.5 cm³/mol. The summed E-state index contributed by atoms with van der Waals surface area (Å²) in [7, 11) is 0. The first-order valence-corrected chi connectivity index (χ1v) is 5.22. The van der Waals surface area contributed by atoms with Gasteiger partial charge in [-0.1, -0.05) is 5.37 Å². The average Bonchev–Trinajstić information content (AvgIpc) is 2.01. The van der Waals surface area contributed by atoms with Gasteiger partial charge >= 0.3 is 5.97 Å². The van der Waals surface area contributed by atoms with E-state index in [2.05, 4.69) is 5.32 Å². The molecule has 0 bridgehead atoms. The van der Waals surface area contributed by atoms with E-state index in [1.54, 1.807) is 0 Å². The van der Waals surface area contributed by atoms with Crippen molar-refractivity contribution in [2.45, 2.75) is 19.8 Å². The Balaban J connectivity index is 3.22. The van der Waals surface area contributed by atoms with E-state index < -0.39 is 5.97 Å². The van der Waals surface area contributed by atoms with Crippen molar-refractivity contribution in [1.29, 1.82) is 0 Å². The summed E-state index contributed by atoms with van der Waals surface area (Å²) in [6, 6.07) is 0. The molecule has 0 unspecified atom stereocenters. The Kier molecular flexibility index (Phi) is 7.29. The molecule has 13 heavy (non-hydrogen) atoms. The Morgan fingerprint density at radius 2 is 2.23 bits per heavy atom. The van der Waals surface area contributed by atoms with Crippen LogP contribution in [0.2, 0.25) is 0 Å². The molecule has 5 heteroatoms. The second-order valence-electron chi connectivity index (χ2n) is 2.50. The van der Waals surface area contributed by atoms with Gasteiger partial charge in [0.05, 0.1) is 0 Å². The van der Waals surface area contributed by atoms with Crippen LogP contribution in [0.3, 0.4) is 0 Å². The molecule has 0 saturated heterocycles. The third kappa shape index (κ3) is 11.2. The van der Waals surface area contributed by atoms with Crippen molar-refractivity contribution in [3.63, 3.8) is 0 Å². The Morgan fingerprint density at radius 1 is 1.54 bits per heavy atom. The van der Waals surface area contributed by atoms with Gasteiger partial charge in [-0.25, -0.2) is 11.4 Å². The number of hydrogen-bond acceptors (Lipinski definition) is 2. The second-order valence-corrected chi connectivity index (χ2v) is 3.68. The van der Waals surface area contributed by atoms with Crippen molar-refractivity contribution >= 4 is 28.6 Å². The van der Waals surface area contributed by atoms with Crippen LogP contribution >= 0.6 is 11.4 Å². The van der Waals surface area contributed by atoms with E-state index in [9.17, 15) is 9.59 Å². The van der Waals surface area contributed by atoms with Crippen LogP contribution < -0.4 is 5.32 Å². The Hall–Kier alpha value is -0.840. The summed E-state index contributed by atoms with van der Waals surface area (Å²) in [4.78, 5) is 20.5. The molecule has 0 rings (SSSR count). The van der Waals surface area contributed by atoms with E-state index in [0.717, 1.165) is 17.1 Å². The van der Waals surface area contributed by atoms with Crippen LogP contribution in [0.1, 0.15) is 19.8 Å². The highest BCUT2D eigenvalue weighted by Crippen LogP contribution is 1.89. The number of carbonyl (C=O) groups excluding carboxylic acids is 1. The first-order valence-electron chi connectivity index (χ1n) is 4.07. The molecular weight excluding hydrogens is 190 g/mol. The van der Waals surface area contributed by atoms with E-state index >= 15 is 0 Å². The standard InChI is InChI=1S/C8H15NO3S/c1-7(10)9-4-6-13-5-2-3-8(11)12/h5,13H,2-4,6H2,1H3,(H,9,10)(H,11,12). The Labute approximate surface area is 81.3 Å². The molecule has 0 fully saturated rings. The Morgan fingerprint density at radius 3 is 2.77 bits per heavy atom. The molecule has 0 saturated carbocycles. The molecule has 0 heterocycles. The van der Waals surface area contributed by atoms with Crippen molar-refractivity contribution in [3.8, 4) is 0 Å². The predicted octanol–water partition coefficient (Wildman–Crippen LogP) is 0.255. The number of hydrogen-bond donors (Lipinski definition) is 3. The fourth-order valence-corrected chi connectivity index (χ4v) is 1.40. The average molecular weight is 205 g/mol. The zero-order valence-corrected chi connectivity index (χ0v) is 8.51. The quantitative estimate of drug-likeness (QED) is 0.331. The van der Waals surface area contributed by atoms with Gasteiger partial charge in [0.15, 0.2) is 0 Å². The number of nitrogens with one attached hydrogen (secondary N) is 1. The van der Waals surface area contributed by atoms with E-state index in [-0.39, 0.29) is 12.3 Å². The van der Waals surface area contributed by atoms with E-state index in [4.69, 9.17) is 5.11 Å². The molecule has 0 aliphatic rings. The summed E-state index contributed by atoms with van der Waals surface area (Å²) in [5.41, 5.74) is 0.